The van der Waals surface area contributed by atoms with Crippen molar-refractivity contribution in [3.8, 4) is 0 Å². The number of hydrogen-bond acceptors (Lipinski definition) is 3. The van der Waals surface area contributed by atoms with Gasteiger partial charge in [-0.15, -0.1) is 5.10 Å². The summed E-state index contributed by atoms with van der Waals surface area (Å²) in [6, 6.07) is 0. The highest BCUT2D eigenvalue weighted by atomic mass is 15.4. The summed E-state index contributed by atoms with van der Waals surface area (Å²) in [6.07, 6.45) is 6.69. The van der Waals surface area contributed by atoms with Crippen molar-refractivity contribution >= 4 is 0 Å². The third kappa shape index (κ3) is 1.91. The van der Waals surface area contributed by atoms with Crippen molar-refractivity contribution < 1.29 is 0 Å². The van der Waals surface area contributed by atoms with E-state index in [4.69, 9.17) is 5.73 Å². The van der Waals surface area contributed by atoms with Crippen LogP contribution in [0.25, 0.3) is 0 Å². The van der Waals surface area contributed by atoms with Crippen molar-refractivity contribution in [3.05, 3.63) is 11.4 Å². The first-order chi connectivity index (χ1) is 7.38. The molecule has 2 fully saturated rings. The number of aryl methyl sites for hydroxylation is 1. The molecule has 4 nitrogen and oxygen atoms in total. The van der Waals surface area contributed by atoms with Crippen molar-refractivity contribution in [1.29, 1.82) is 0 Å². The molecule has 15 heavy (non-hydrogen) atoms. The van der Waals surface area contributed by atoms with E-state index in [2.05, 4.69) is 15.0 Å². The molecule has 0 amide bonds. The fraction of sp³-hybridized carbons (Fsp3) is 0.818. The minimum Gasteiger partial charge on any atom is -0.325 e. The van der Waals surface area contributed by atoms with E-state index in [0.717, 1.165) is 18.2 Å². The Balaban J connectivity index is 1.75. The van der Waals surface area contributed by atoms with Gasteiger partial charge in [-0.05, 0) is 25.2 Å². The third-order valence-corrected chi connectivity index (χ3v) is 3.45. The fourth-order valence-electron chi connectivity index (χ4n) is 2.18. The van der Waals surface area contributed by atoms with Crippen LogP contribution in [0.1, 0.15) is 49.4 Å². The number of rotatable bonds is 5. The molecule has 0 atom stereocenters. The summed E-state index contributed by atoms with van der Waals surface area (Å²) in [4.78, 5) is 0. The summed E-state index contributed by atoms with van der Waals surface area (Å²) in [6.45, 7) is 1.58. The van der Waals surface area contributed by atoms with E-state index in [1.165, 1.54) is 37.8 Å². The van der Waals surface area contributed by atoms with Crippen LogP contribution in [0, 0.1) is 5.92 Å². The van der Waals surface area contributed by atoms with E-state index in [0.29, 0.717) is 12.5 Å². The van der Waals surface area contributed by atoms with Gasteiger partial charge >= 0.3 is 0 Å². The normalized spacial score (nSPS) is 20.9. The van der Waals surface area contributed by atoms with E-state index < -0.39 is 0 Å². The zero-order valence-electron chi connectivity index (χ0n) is 9.02. The Morgan fingerprint density at radius 1 is 1.27 bits per heavy atom. The van der Waals surface area contributed by atoms with Crippen molar-refractivity contribution in [2.75, 3.05) is 0 Å². The van der Waals surface area contributed by atoms with Crippen LogP contribution >= 0.6 is 0 Å². The minimum atomic E-state index is 0.537. The Hall–Kier alpha value is -0.900. The summed E-state index contributed by atoms with van der Waals surface area (Å²) >= 11 is 0. The average Bonchev–Trinajstić information content (AvgIpc) is 3.14. The van der Waals surface area contributed by atoms with Gasteiger partial charge in [0.1, 0.15) is 0 Å². The maximum Gasteiger partial charge on any atom is 0.0997 e. The van der Waals surface area contributed by atoms with Crippen LogP contribution in [0.5, 0.6) is 0 Å². The molecule has 3 rings (SSSR count). The molecule has 0 bridgehead atoms. The van der Waals surface area contributed by atoms with Gasteiger partial charge < -0.3 is 5.73 Å². The Labute approximate surface area is 89.8 Å². The molecule has 2 aliphatic carbocycles. The Bertz CT molecular complexity index is 349. The summed E-state index contributed by atoms with van der Waals surface area (Å²) < 4.78 is 2.11. The van der Waals surface area contributed by atoms with E-state index in [1.807, 2.05) is 0 Å². The quantitative estimate of drug-likeness (QED) is 0.792. The third-order valence-electron chi connectivity index (χ3n) is 3.45. The van der Waals surface area contributed by atoms with Gasteiger partial charge in [-0.3, -0.25) is 0 Å². The molecule has 2 aliphatic rings. The first-order valence-electron chi connectivity index (χ1n) is 6.01. The van der Waals surface area contributed by atoms with Gasteiger partial charge in [0, 0.05) is 19.0 Å². The smallest absolute Gasteiger partial charge is 0.0997 e. The SMILES string of the molecule is NCc1nnn(CCC2CC2)c1C1CC1. The predicted molar refractivity (Wildman–Crippen MR) is 57.2 cm³/mol. The zero-order chi connectivity index (χ0) is 10.3. The number of nitrogens with zero attached hydrogens (tertiary/aromatic N) is 3. The molecule has 0 spiro atoms. The molecule has 1 aromatic heterocycles. The van der Waals surface area contributed by atoms with Gasteiger partial charge in [0.2, 0.25) is 0 Å². The fourth-order valence-corrected chi connectivity index (χ4v) is 2.18. The molecular weight excluding hydrogens is 188 g/mol. The number of hydrogen-bond donors (Lipinski definition) is 1. The molecular formula is C11H18N4. The van der Waals surface area contributed by atoms with Crippen molar-refractivity contribution in [2.45, 2.75) is 51.1 Å². The molecule has 1 heterocycles. The zero-order valence-corrected chi connectivity index (χ0v) is 9.02. The van der Waals surface area contributed by atoms with Crippen LogP contribution in [0.2, 0.25) is 0 Å². The molecule has 2 saturated carbocycles. The van der Waals surface area contributed by atoms with Crippen molar-refractivity contribution in [3.63, 3.8) is 0 Å². The highest BCUT2D eigenvalue weighted by molar-refractivity contribution is 5.20. The van der Waals surface area contributed by atoms with Crippen LogP contribution in [0.15, 0.2) is 0 Å². The molecule has 0 radical (unpaired) electrons. The van der Waals surface area contributed by atoms with Gasteiger partial charge in [0.15, 0.2) is 0 Å². The maximum atomic E-state index is 5.68. The number of nitrogens with two attached hydrogens (primary N) is 1. The molecule has 2 N–H and O–H groups in total. The Kier molecular flexibility index (Phi) is 2.24. The van der Waals surface area contributed by atoms with Gasteiger partial charge in [-0.25, -0.2) is 4.68 Å². The second-order valence-electron chi connectivity index (χ2n) is 4.85. The molecule has 0 aliphatic heterocycles. The van der Waals surface area contributed by atoms with Crippen molar-refractivity contribution in [1.82, 2.24) is 15.0 Å². The predicted octanol–water partition coefficient (Wildman–Crippen LogP) is 1.41. The second kappa shape index (κ2) is 3.59. The first-order valence-corrected chi connectivity index (χ1v) is 6.01. The highest BCUT2D eigenvalue weighted by Crippen LogP contribution is 2.41. The van der Waals surface area contributed by atoms with Crippen LogP contribution in [0.4, 0.5) is 0 Å². The Morgan fingerprint density at radius 2 is 2.07 bits per heavy atom. The van der Waals surface area contributed by atoms with Gasteiger partial charge in [0.25, 0.3) is 0 Å². The minimum absolute atomic E-state index is 0.537. The molecule has 0 unspecified atom stereocenters. The summed E-state index contributed by atoms with van der Waals surface area (Å²) in [5.74, 6) is 1.67. The average molecular weight is 206 g/mol. The van der Waals surface area contributed by atoms with Gasteiger partial charge in [-0.2, -0.15) is 0 Å². The molecule has 82 valence electrons. The van der Waals surface area contributed by atoms with E-state index >= 15 is 0 Å². The highest BCUT2D eigenvalue weighted by Gasteiger charge is 2.31. The van der Waals surface area contributed by atoms with Gasteiger partial charge in [-0.1, -0.05) is 18.1 Å². The monoisotopic (exact) mass is 206 g/mol. The molecule has 1 aromatic rings. The van der Waals surface area contributed by atoms with Gasteiger partial charge in [0.05, 0.1) is 11.4 Å². The lowest BCUT2D eigenvalue weighted by Gasteiger charge is -2.05. The van der Waals surface area contributed by atoms with Crippen LogP contribution < -0.4 is 5.73 Å². The van der Waals surface area contributed by atoms with Crippen LogP contribution in [-0.4, -0.2) is 15.0 Å². The van der Waals surface area contributed by atoms with Crippen LogP contribution in [-0.2, 0) is 13.1 Å². The summed E-state index contributed by atoms with van der Waals surface area (Å²) in [5, 5.41) is 8.42. The molecule has 0 saturated heterocycles. The second-order valence-corrected chi connectivity index (χ2v) is 4.85. The van der Waals surface area contributed by atoms with E-state index in [1.54, 1.807) is 0 Å². The lowest BCUT2D eigenvalue weighted by Crippen LogP contribution is -2.07. The summed E-state index contributed by atoms with van der Waals surface area (Å²) in [7, 11) is 0. The number of aromatic nitrogens is 3. The Morgan fingerprint density at radius 3 is 2.67 bits per heavy atom. The summed E-state index contributed by atoms with van der Waals surface area (Å²) in [5.41, 5.74) is 8.04. The van der Waals surface area contributed by atoms with E-state index in [9.17, 15) is 0 Å². The molecule has 4 heteroatoms. The maximum absolute atomic E-state index is 5.68. The van der Waals surface area contributed by atoms with E-state index in [-0.39, 0.29) is 0 Å². The topological polar surface area (TPSA) is 56.7 Å². The van der Waals surface area contributed by atoms with Crippen molar-refractivity contribution in [2.24, 2.45) is 11.7 Å². The lowest BCUT2D eigenvalue weighted by atomic mass is 10.2. The largest absolute Gasteiger partial charge is 0.325 e. The van der Waals surface area contributed by atoms with Crippen LogP contribution in [0.3, 0.4) is 0 Å². The standard InChI is InChI=1S/C11H18N4/c12-7-10-11(9-3-4-9)15(14-13-10)6-5-8-1-2-8/h8-9H,1-7,12H2. The molecule has 0 aromatic carbocycles. The lowest BCUT2D eigenvalue weighted by molar-refractivity contribution is 0.514. The first kappa shape index (κ1) is 9.33.